The van der Waals surface area contributed by atoms with Crippen LogP contribution in [0.1, 0.15) is 19.4 Å². The smallest absolute Gasteiger partial charge is 0.223 e. The van der Waals surface area contributed by atoms with Crippen LogP contribution in [-0.4, -0.2) is 11.0 Å². The first-order chi connectivity index (χ1) is 9.15. The minimum atomic E-state index is 0.416. The van der Waals surface area contributed by atoms with Gasteiger partial charge in [0.05, 0.1) is 0 Å². The van der Waals surface area contributed by atoms with Gasteiger partial charge in [0, 0.05) is 29.4 Å². The van der Waals surface area contributed by atoms with Crippen LogP contribution in [0.4, 0.5) is 0 Å². The zero-order valence-electron chi connectivity index (χ0n) is 11.1. The molecule has 1 aromatic carbocycles. The molecule has 0 saturated heterocycles. The molecule has 2 rings (SSSR count). The quantitative estimate of drug-likeness (QED) is 0.895. The number of nitrogens with one attached hydrogen (secondary N) is 1. The maximum absolute atomic E-state index is 5.94. The molecule has 0 spiro atoms. The van der Waals surface area contributed by atoms with Crippen molar-refractivity contribution in [1.29, 1.82) is 0 Å². The molecule has 0 bridgehead atoms. The molecule has 0 atom stereocenters. The fourth-order valence-corrected chi connectivity index (χ4v) is 1.79. The van der Waals surface area contributed by atoms with Crippen LogP contribution in [0.25, 0.3) is 0 Å². The van der Waals surface area contributed by atoms with E-state index < -0.39 is 0 Å². The Kier molecular flexibility index (Phi) is 4.77. The third-order valence-electron chi connectivity index (χ3n) is 2.56. The van der Waals surface area contributed by atoms with E-state index in [1.165, 1.54) is 0 Å². The first kappa shape index (κ1) is 13.8. The van der Waals surface area contributed by atoms with E-state index in [9.17, 15) is 0 Å². The van der Waals surface area contributed by atoms with Gasteiger partial charge in [0.25, 0.3) is 0 Å². The number of pyridine rings is 1. The highest BCUT2D eigenvalue weighted by Crippen LogP contribution is 2.25. The lowest BCUT2D eigenvalue weighted by Gasteiger charge is -2.12. The van der Waals surface area contributed by atoms with E-state index in [0.29, 0.717) is 22.7 Å². The molecule has 0 saturated carbocycles. The van der Waals surface area contributed by atoms with E-state index >= 15 is 0 Å². The molecule has 4 heteroatoms. The predicted octanol–water partition coefficient (Wildman–Crippen LogP) is 4.03. The molecule has 0 radical (unpaired) electrons. The van der Waals surface area contributed by atoms with Crippen LogP contribution in [0.2, 0.25) is 5.02 Å². The molecule has 0 fully saturated rings. The van der Waals surface area contributed by atoms with Crippen molar-refractivity contribution in [3.05, 3.63) is 53.2 Å². The monoisotopic (exact) mass is 276 g/mol. The molecule has 0 unspecified atom stereocenters. The number of halogens is 1. The summed E-state index contributed by atoms with van der Waals surface area (Å²) >= 11 is 5.94. The molecule has 0 amide bonds. The summed E-state index contributed by atoms with van der Waals surface area (Å²) in [6, 6.07) is 11.6. The molecule has 0 aliphatic carbocycles. The Labute approximate surface area is 118 Å². The van der Waals surface area contributed by atoms with Gasteiger partial charge in [0.1, 0.15) is 5.75 Å². The third kappa shape index (κ3) is 4.23. The average Bonchev–Trinajstić information content (AvgIpc) is 2.38. The summed E-state index contributed by atoms with van der Waals surface area (Å²) in [4.78, 5) is 4.28. The number of rotatable bonds is 5. The predicted molar refractivity (Wildman–Crippen MR) is 77.7 cm³/mol. The summed E-state index contributed by atoms with van der Waals surface area (Å²) in [6.45, 7) is 4.93. The number of aromatic nitrogens is 1. The van der Waals surface area contributed by atoms with Gasteiger partial charge < -0.3 is 10.1 Å². The number of ether oxygens (including phenoxy) is 1. The van der Waals surface area contributed by atoms with Crippen LogP contribution in [0.3, 0.4) is 0 Å². The van der Waals surface area contributed by atoms with Crippen molar-refractivity contribution in [1.82, 2.24) is 10.3 Å². The minimum Gasteiger partial charge on any atom is -0.439 e. The summed E-state index contributed by atoms with van der Waals surface area (Å²) in [5.41, 5.74) is 1.02. The van der Waals surface area contributed by atoms with Crippen LogP contribution in [0, 0.1) is 0 Å². The fraction of sp³-hybridized carbons (Fsp3) is 0.267. The summed E-state index contributed by atoms with van der Waals surface area (Å²) in [7, 11) is 0. The van der Waals surface area contributed by atoms with Crippen molar-refractivity contribution in [3.8, 4) is 11.6 Å². The molecule has 2 aromatic rings. The van der Waals surface area contributed by atoms with Crippen molar-refractivity contribution < 1.29 is 4.74 Å². The van der Waals surface area contributed by atoms with E-state index in [2.05, 4.69) is 24.1 Å². The second-order valence-electron chi connectivity index (χ2n) is 4.56. The minimum absolute atomic E-state index is 0.416. The largest absolute Gasteiger partial charge is 0.439 e. The van der Waals surface area contributed by atoms with Gasteiger partial charge >= 0.3 is 0 Å². The number of benzene rings is 1. The SMILES string of the molecule is CC(C)NCc1cccnc1Oc1cccc(Cl)c1. The molecule has 19 heavy (non-hydrogen) atoms. The number of nitrogens with zero attached hydrogens (tertiary/aromatic N) is 1. The molecular formula is C15H17ClN2O. The Hall–Kier alpha value is -1.58. The van der Waals surface area contributed by atoms with Crippen molar-refractivity contribution in [2.45, 2.75) is 26.4 Å². The molecule has 0 aliphatic rings. The lowest BCUT2D eigenvalue weighted by Crippen LogP contribution is -2.22. The van der Waals surface area contributed by atoms with E-state index in [-0.39, 0.29) is 0 Å². The maximum Gasteiger partial charge on any atom is 0.223 e. The lowest BCUT2D eigenvalue weighted by atomic mass is 10.2. The first-order valence-electron chi connectivity index (χ1n) is 6.26. The second kappa shape index (κ2) is 6.55. The normalized spacial score (nSPS) is 10.7. The topological polar surface area (TPSA) is 34.2 Å². The summed E-state index contributed by atoms with van der Waals surface area (Å²) in [6.07, 6.45) is 1.72. The van der Waals surface area contributed by atoms with Gasteiger partial charge in [-0.3, -0.25) is 0 Å². The molecule has 1 N–H and O–H groups in total. The third-order valence-corrected chi connectivity index (χ3v) is 2.80. The Balaban J connectivity index is 2.15. The second-order valence-corrected chi connectivity index (χ2v) is 5.00. The van der Waals surface area contributed by atoms with Gasteiger partial charge in [-0.15, -0.1) is 0 Å². The fourth-order valence-electron chi connectivity index (χ4n) is 1.61. The standard InChI is InChI=1S/C15H17ClN2O/c1-11(2)18-10-12-5-4-8-17-15(12)19-14-7-3-6-13(16)9-14/h3-9,11,18H,10H2,1-2H3. The van der Waals surface area contributed by atoms with Gasteiger partial charge in [-0.2, -0.15) is 0 Å². The number of hydrogen-bond acceptors (Lipinski definition) is 3. The highest BCUT2D eigenvalue weighted by Gasteiger charge is 2.06. The first-order valence-corrected chi connectivity index (χ1v) is 6.63. The van der Waals surface area contributed by atoms with Crippen molar-refractivity contribution >= 4 is 11.6 Å². The van der Waals surface area contributed by atoms with Crippen LogP contribution in [0.15, 0.2) is 42.6 Å². The Bertz CT molecular complexity index is 543. The molecule has 100 valence electrons. The maximum atomic E-state index is 5.94. The molecular weight excluding hydrogens is 260 g/mol. The molecule has 1 heterocycles. The van der Waals surface area contributed by atoms with Gasteiger partial charge in [0.15, 0.2) is 0 Å². The Morgan fingerprint density at radius 3 is 2.84 bits per heavy atom. The van der Waals surface area contributed by atoms with Crippen LogP contribution >= 0.6 is 11.6 Å². The zero-order valence-corrected chi connectivity index (χ0v) is 11.8. The average molecular weight is 277 g/mol. The van der Waals surface area contributed by atoms with Crippen LogP contribution in [0.5, 0.6) is 11.6 Å². The van der Waals surface area contributed by atoms with Crippen molar-refractivity contribution in [2.75, 3.05) is 0 Å². The highest BCUT2D eigenvalue weighted by molar-refractivity contribution is 6.30. The number of hydrogen-bond donors (Lipinski definition) is 1. The molecule has 1 aromatic heterocycles. The van der Waals surface area contributed by atoms with Gasteiger partial charge in [-0.25, -0.2) is 4.98 Å². The zero-order chi connectivity index (χ0) is 13.7. The van der Waals surface area contributed by atoms with Gasteiger partial charge in [-0.05, 0) is 24.3 Å². The van der Waals surface area contributed by atoms with Crippen molar-refractivity contribution in [2.24, 2.45) is 0 Å². The van der Waals surface area contributed by atoms with E-state index in [1.807, 2.05) is 30.3 Å². The van der Waals surface area contributed by atoms with E-state index in [1.54, 1.807) is 12.3 Å². The van der Waals surface area contributed by atoms with E-state index in [4.69, 9.17) is 16.3 Å². The van der Waals surface area contributed by atoms with Crippen LogP contribution in [-0.2, 0) is 6.54 Å². The summed E-state index contributed by atoms with van der Waals surface area (Å²) in [5, 5.41) is 4.00. The Morgan fingerprint density at radius 2 is 2.11 bits per heavy atom. The van der Waals surface area contributed by atoms with E-state index in [0.717, 1.165) is 12.1 Å². The highest BCUT2D eigenvalue weighted by atomic mass is 35.5. The van der Waals surface area contributed by atoms with Gasteiger partial charge in [-0.1, -0.05) is 37.6 Å². The summed E-state index contributed by atoms with van der Waals surface area (Å²) < 4.78 is 5.79. The molecule has 0 aliphatic heterocycles. The van der Waals surface area contributed by atoms with Crippen molar-refractivity contribution in [3.63, 3.8) is 0 Å². The molecule has 3 nitrogen and oxygen atoms in total. The summed E-state index contributed by atoms with van der Waals surface area (Å²) in [5.74, 6) is 1.30. The lowest BCUT2D eigenvalue weighted by molar-refractivity contribution is 0.450. The van der Waals surface area contributed by atoms with Gasteiger partial charge in [0.2, 0.25) is 5.88 Å². The van der Waals surface area contributed by atoms with Crippen LogP contribution < -0.4 is 10.1 Å². The Morgan fingerprint density at radius 1 is 1.26 bits per heavy atom.